The Kier molecular flexibility index (Phi) is 7.98. The zero-order valence-corrected chi connectivity index (χ0v) is 25.1. The number of urea groups is 1. The van der Waals surface area contributed by atoms with E-state index in [4.69, 9.17) is 5.10 Å². The van der Waals surface area contributed by atoms with Crippen molar-refractivity contribution in [2.75, 3.05) is 46.1 Å². The van der Waals surface area contributed by atoms with Gasteiger partial charge in [-0.05, 0) is 92.4 Å². The first-order valence-electron chi connectivity index (χ1n) is 15.1. The lowest BCUT2D eigenvalue weighted by molar-refractivity contribution is 0.194. The molecule has 0 radical (unpaired) electrons. The molecule has 3 heterocycles. The number of hydrogen-bond acceptors (Lipinski definition) is 5. The smallest absolute Gasteiger partial charge is 0.321 e. The Balaban J connectivity index is 1.25. The summed E-state index contributed by atoms with van der Waals surface area (Å²) >= 11 is 0. The average Bonchev–Trinajstić information content (AvgIpc) is 3.60. The van der Waals surface area contributed by atoms with Gasteiger partial charge >= 0.3 is 6.03 Å². The standard InChI is InChI=1S/C34H41N7O/c1-5-41-22-30(32(38-41)25-12-14-27(15-13-25)36-34(42)40(4)21-23-8-6-9-23)28-16-17-35-33-29(28)19-31(37-33)26-11-7-10-24(18-26)20-39(2)3/h7,10-19,23,30H,5-6,8-9,20-22H2,1-4H3,(H,35,37)(H,36,42). The highest BCUT2D eigenvalue weighted by Gasteiger charge is 2.30. The Morgan fingerprint density at radius 2 is 1.86 bits per heavy atom. The van der Waals surface area contributed by atoms with E-state index in [2.05, 4.69) is 94.7 Å². The normalized spacial score (nSPS) is 17.0. The highest BCUT2D eigenvalue weighted by Crippen LogP contribution is 2.35. The second-order valence-electron chi connectivity index (χ2n) is 12.0. The van der Waals surface area contributed by atoms with Crippen molar-refractivity contribution in [1.29, 1.82) is 0 Å². The third kappa shape index (κ3) is 5.90. The summed E-state index contributed by atoms with van der Waals surface area (Å²) in [6, 6.07) is 21.1. The van der Waals surface area contributed by atoms with E-state index < -0.39 is 0 Å². The maximum Gasteiger partial charge on any atom is 0.321 e. The van der Waals surface area contributed by atoms with Gasteiger partial charge in [0.15, 0.2) is 0 Å². The van der Waals surface area contributed by atoms with Gasteiger partial charge in [0, 0.05) is 62.1 Å². The molecule has 1 aliphatic carbocycles. The van der Waals surface area contributed by atoms with Gasteiger partial charge in [-0.25, -0.2) is 9.78 Å². The highest BCUT2D eigenvalue weighted by atomic mass is 16.2. The molecule has 0 saturated heterocycles. The monoisotopic (exact) mass is 563 g/mol. The molecule has 1 aliphatic heterocycles. The van der Waals surface area contributed by atoms with Crippen molar-refractivity contribution in [3.05, 3.63) is 83.6 Å². The molecule has 8 heteroatoms. The third-order valence-electron chi connectivity index (χ3n) is 8.55. The van der Waals surface area contributed by atoms with Crippen LogP contribution in [0.2, 0.25) is 0 Å². The van der Waals surface area contributed by atoms with Gasteiger partial charge in [-0.3, -0.25) is 5.01 Å². The Hall–Kier alpha value is -4.17. The first-order chi connectivity index (χ1) is 20.4. The predicted octanol–water partition coefficient (Wildman–Crippen LogP) is 6.38. The lowest BCUT2D eigenvalue weighted by atomic mass is 9.85. The number of hydrogen-bond donors (Lipinski definition) is 2. The molecule has 1 saturated carbocycles. The zero-order valence-electron chi connectivity index (χ0n) is 25.1. The summed E-state index contributed by atoms with van der Waals surface area (Å²) in [6.07, 6.45) is 5.62. The second-order valence-corrected chi connectivity index (χ2v) is 12.0. The minimum Gasteiger partial charge on any atom is -0.339 e. The molecule has 2 amide bonds. The van der Waals surface area contributed by atoms with Crippen LogP contribution in [0, 0.1) is 5.92 Å². The molecule has 1 atom stereocenters. The minimum absolute atomic E-state index is 0.0578. The average molecular weight is 564 g/mol. The highest BCUT2D eigenvalue weighted by molar-refractivity contribution is 6.08. The Morgan fingerprint density at radius 3 is 2.57 bits per heavy atom. The number of carbonyl (C=O) groups is 1. The lowest BCUT2D eigenvalue weighted by Gasteiger charge is -2.30. The quantitative estimate of drug-likeness (QED) is 0.248. The van der Waals surface area contributed by atoms with Gasteiger partial charge in [0.25, 0.3) is 0 Å². The van der Waals surface area contributed by atoms with Gasteiger partial charge in [-0.1, -0.05) is 36.8 Å². The number of carbonyl (C=O) groups excluding carboxylic acids is 1. The first-order valence-corrected chi connectivity index (χ1v) is 15.1. The fourth-order valence-electron chi connectivity index (χ4n) is 6.06. The molecule has 2 aliphatic rings. The van der Waals surface area contributed by atoms with E-state index in [9.17, 15) is 4.79 Å². The van der Waals surface area contributed by atoms with Crippen LogP contribution in [0.1, 0.15) is 48.8 Å². The summed E-state index contributed by atoms with van der Waals surface area (Å²) in [6.45, 7) is 5.50. The molecule has 0 spiro atoms. The molecule has 1 unspecified atom stereocenters. The van der Waals surface area contributed by atoms with Crippen LogP contribution in [0.4, 0.5) is 10.5 Å². The molecule has 42 heavy (non-hydrogen) atoms. The first kappa shape index (κ1) is 28.0. The molecule has 6 rings (SSSR count). The maximum atomic E-state index is 12.7. The van der Waals surface area contributed by atoms with Crippen LogP contribution in [0.3, 0.4) is 0 Å². The predicted molar refractivity (Wildman–Crippen MR) is 171 cm³/mol. The van der Waals surface area contributed by atoms with Gasteiger partial charge < -0.3 is 20.1 Å². The van der Waals surface area contributed by atoms with Crippen molar-refractivity contribution in [1.82, 2.24) is 24.8 Å². The van der Waals surface area contributed by atoms with Crippen LogP contribution in [0.25, 0.3) is 22.3 Å². The third-order valence-corrected chi connectivity index (χ3v) is 8.55. The molecular formula is C34H41N7O. The number of benzene rings is 2. The SMILES string of the molecule is CCN1CC(c2ccnc3[nH]c(-c4cccc(CN(C)C)c4)cc23)C(c2ccc(NC(=O)N(C)CC3CCC3)cc2)=N1. The number of H-pyrrole nitrogens is 1. The van der Waals surface area contributed by atoms with E-state index in [0.717, 1.165) is 65.4 Å². The number of hydrazone groups is 1. The zero-order chi connectivity index (χ0) is 29.2. The van der Waals surface area contributed by atoms with E-state index in [1.165, 1.54) is 30.4 Å². The topological polar surface area (TPSA) is 79.9 Å². The lowest BCUT2D eigenvalue weighted by Crippen LogP contribution is -2.37. The number of aromatic nitrogens is 2. The fraction of sp³-hybridized carbons (Fsp3) is 0.382. The number of rotatable bonds is 9. The molecule has 2 aromatic carbocycles. The molecule has 8 nitrogen and oxygen atoms in total. The summed E-state index contributed by atoms with van der Waals surface area (Å²) < 4.78 is 0. The van der Waals surface area contributed by atoms with E-state index in [-0.39, 0.29) is 11.9 Å². The fourth-order valence-corrected chi connectivity index (χ4v) is 6.06. The van der Waals surface area contributed by atoms with E-state index >= 15 is 0 Å². The molecule has 1 fully saturated rings. The van der Waals surface area contributed by atoms with Crippen molar-refractivity contribution >= 4 is 28.5 Å². The van der Waals surface area contributed by atoms with Crippen molar-refractivity contribution in [2.24, 2.45) is 11.0 Å². The largest absolute Gasteiger partial charge is 0.339 e. The number of pyridine rings is 1. The molecular weight excluding hydrogens is 522 g/mol. The molecule has 2 aromatic heterocycles. The summed E-state index contributed by atoms with van der Waals surface area (Å²) in [4.78, 5) is 24.9. The number of anilines is 1. The van der Waals surface area contributed by atoms with E-state index in [1.807, 2.05) is 25.4 Å². The Morgan fingerprint density at radius 1 is 1.05 bits per heavy atom. The number of nitrogens with one attached hydrogen (secondary N) is 2. The van der Waals surface area contributed by atoms with E-state index in [0.29, 0.717) is 5.92 Å². The van der Waals surface area contributed by atoms with Gasteiger partial charge in [-0.15, -0.1) is 0 Å². The van der Waals surface area contributed by atoms with Crippen molar-refractivity contribution < 1.29 is 4.79 Å². The summed E-state index contributed by atoms with van der Waals surface area (Å²) in [5.74, 6) is 0.749. The second kappa shape index (κ2) is 12.0. The Labute approximate surface area is 248 Å². The van der Waals surface area contributed by atoms with Gasteiger partial charge in [0.1, 0.15) is 5.65 Å². The van der Waals surface area contributed by atoms with E-state index in [1.54, 1.807) is 4.90 Å². The van der Waals surface area contributed by atoms with Crippen LogP contribution in [0.15, 0.2) is 72.0 Å². The number of fused-ring (bicyclic) bond motifs is 1. The maximum absolute atomic E-state index is 12.7. The number of nitrogens with zero attached hydrogens (tertiary/aromatic N) is 5. The molecule has 218 valence electrons. The van der Waals surface area contributed by atoms with Crippen LogP contribution in [-0.2, 0) is 6.54 Å². The van der Waals surface area contributed by atoms with Crippen LogP contribution in [0.5, 0.6) is 0 Å². The van der Waals surface area contributed by atoms with Crippen LogP contribution >= 0.6 is 0 Å². The minimum atomic E-state index is -0.0578. The number of likely N-dealkylation sites (N-methyl/N-ethyl adjacent to an activating group) is 1. The molecule has 2 N–H and O–H groups in total. The Bertz CT molecular complexity index is 1590. The summed E-state index contributed by atoms with van der Waals surface area (Å²) in [7, 11) is 6.05. The van der Waals surface area contributed by atoms with Crippen molar-refractivity contribution in [3.63, 3.8) is 0 Å². The van der Waals surface area contributed by atoms with Gasteiger partial charge in [0.05, 0.1) is 5.71 Å². The van der Waals surface area contributed by atoms with Crippen molar-refractivity contribution in [3.8, 4) is 11.3 Å². The summed E-state index contributed by atoms with van der Waals surface area (Å²) in [5.41, 5.74) is 8.51. The van der Waals surface area contributed by atoms with Gasteiger partial charge in [-0.2, -0.15) is 5.10 Å². The summed E-state index contributed by atoms with van der Waals surface area (Å²) in [5, 5.41) is 11.3. The van der Waals surface area contributed by atoms with Crippen LogP contribution in [-0.4, -0.2) is 77.3 Å². The number of amides is 2. The molecule has 0 bridgehead atoms. The molecule has 4 aromatic rings. The van der Waals surface area contributed by atoms with Gasteiger partial charge in [0.2, 0.25) is 0 Å². The van der Waals surface area contributed by atoms with Crippen molar-refractivity contribution in [2.45, 2.75) is 38.6 Å². The number of aromatic amines is 1. The van der Waals surface area contributed by atoms with Crippen LogP contribution < -0.4 is 5.32 Å².